The van der Waals surface area contributed by atoms with Crippen molar-refractivity contribution in [3.8, 4) is 0 Å². The molecule has 3 heteroatoms. The highest BCUT2D eigenvalue weighted by Gasteiger charge is 2.48. The number of esters is 1. The summed E-state index contributed by atoms with van der Waals surface area (Å²) in [5.41, 5.74) is -1.79. The summed E-state index contributed by atoms with van der Waals surface area (Å²) in [5.74, 6) is -0.306. The van der Waals surface area contributed by atoms with Crippen LogP contribution in [0.1, 0.15) is 60.3 Å². The summed E-state index contributed by atoms with van der Waals surface area (Å²) in [6.07, 6.45) is 2.98. The fourth-order valence-electron chi connectivity index (χ4n) is 2.08. The fourth-order valence-corrected chi connectivity index (χ4v) is 2.08. The zero-order valence-corrected chi connectivity index (χ0v) is 11.3. The number of carbonyl (C=O) groups is 1. The Morgan fingerprint density at radius 2 is 1.56 bits per heavy atom. The first-order chi connectivity index (χ1) is 7.35. The van der Waals surface area contributed by atoms with Gasteiger partial charge in [0.25, 0.3) is 0 Å². The Kier molecular flexibility index (Phi) is 6.01. The second-order valence-electron chi connectivity index (χ2n) is 4.88. The minimum atomic E-state index is -0.956. The summed E-state index contributed by atoms with van der Waals surface area (Å²) in [6, 6.07) is 0. The van der Waals surface area contributed by atoms with Crippen LogP contribution in [0.5, 0.6) is 0 Å². The topological polar surface area (TPSA) is 46.5 Å². The third kappa shape index (κ3) is 3.21. The molecule has 0 saturated heterocycles. The van der Waals surface area contributed by atoms with Gasteiger partial charge < -0.3 is 9.84 Å². The number of aliphatic hydroxyl groups is 1. The highest BCUT2D eigenvalue weighted by Crippen LogP contribution is 2.39. The predicted molar refractivity (Wildman–Crippen MR) is 65.2 cm³/mol. The van der Waals surface area contributed by atoms with Crippen LogP contribution in [-0.2, 0) is 9.53 Å². The molecule has 0 atom stereocenters. The zero-order chi connectivity index (χ0) is 12.8. The van der Waals surface area contributed by atoms with Crippen molar-refractivity contribution >= 4 is 5.97 Å². The standard InChI is InChI=1S/C13H26O3/c1-6-9-13(15,10-7-2)12(4,5)11(14)16-8-3/h15H,6-10H2,1-5H3. The van der Waals surface area contributed by atoms with Gasteiger partial charge in [-0.25, -0.2) is 0 Å². The first-order valence-corrected chi connectivity index (χ1v) is 6.25. The molecule has 0 fully saturated rings. The highest BCUT2D eigenvalue weighted by atomic mass is 16.5. The molecule has 96 valence electrons. The Morgan fingerprint density at radius 3 is 1.88 bits per heavy atom. The molecule has 0 aliphatic carbocycles. The molecule has 1 N–H and O–H groups in total. The van der Waals surface area contributed by atoms with Crippen LogP contribution >= 0.6 is 0 Å². The molecule has 16 heavy (non-hydrogen) atoms. The van der Waals surface area contributed by atoms with Crippen LogP contribution in [0.15, 0.2) is 0 Å². The van der Waals surface area contributed by atoms with Crippen LogP contribution in [-0.4, -0.2) is 23.3 Å². The van der Waals surface area contributed by atoms with Crippen molar-refractivity contribution in [2.75, 3.05) is 6.61 Å². The monoisotopic (exact) mass is 230 g/mol. The average Bonchev–Trinajstić information content (AvgIpc) is 2.18. The van der Waals surface area contributed by atoms with Crippen LogP contribution in [0, 0.1) is 5.41 Å². The van der Waals surface area contributed by atoms with Crippen molar-refractivity contribution in [2.45, 2.75) is 65.9 Å². The summed E-state index contributed by atoms with van der Waals surface area (Å²) in [4.78, 5) is 11.9. The Hall–Kier alpha value is -0.570. The minimum absolute atomic E-state index is 0.306. The van der Waals surface area contributed by atoms with Crippen LogP contribution in [0.2, 0.25) is 0 Å². The van der Waals surface area contributed by atoms with Crippen LogP contribution in [0.4, 0.5) is 0 Å². The SMILES string of the molecule is CCCC(O)(CCC)C(C)(C)C(=O)OCC. The van der Waals surface area contributed by atoms with Crippen molar-refractivity contribution in [3.63, 3.8) is 0 Å². The van der Waals surface area contributed by atoms with Crippen LogP contribution in [0.3, 0.4) is 0 Å². The first-order valence-electron chi connectivity index (χ1n) is 6.25. The Morgan fingerprint density at radius 1 is 1.12 bits per heavy atom. The van der Waals surface area contributed by atoms with Crippen molar-refractivity contribution in [2.24, 2.45) is 5.41 Å². The van der Waals surface area contributed by atoms with E-state index in [1.807, 2.05) is 13.8 Å². The van der Waals surface area contributed by atoms with Gasteiger partial charge in [-0.1, -0.05) is 26.7 Å². The maximum atomic E-state index is 11.9. The lowest BCUT2D eigenvalue weighted by molar-refractivity contribution is -0.173. The Balaban J connectivity index is 4.93. The second-order valence-corrected chi connectivity index (χ2v) is 4.88. The minimum Gasteiger partial charge on any atom is -0.465 e. The lowest BCUT2D eigenvalue weighted by Gasteiger charge is -2.40. The number of hydrogen-bond donors (Lipinski definition) is 1. The van der Waals surface area contributed by atoms with Gasteiger partial charge in [-0.15, -0.1) is 0 Å². The van der Waals surface area contributed by atoms with E-state index in [2.05, 4.69) is 0 Å². The molecule has 0 heterocycles. The third-order valence-electron chi connectivity index (χ3n) is 3.28. The molecule has 0 unspecified atom stereocenters. The maximum Gasteiger partial charge on any atom is 0.314 e. The van der Waals surface area contributed by atoms with E-state index in [0.29, 0.717) is 19.4 Å². The summed E-state index contributed by atoms with van der Waals surface area (Å²) in [6.45, 7) is 9.72. The average molecular weight is 230 g/mol. The number of rotatable bonds is 7. The highest BCUT2D eigenvalue weighted by molar-refractivity contribution is 5.77. The van der Waals surface area contributed by atoms with Crippen LogP contribution in [0.25, 0.3) is 0 Å². The molecule has 3 nitrogen and oxygen atoms in total. The van der Waals surface area contributed by atoms with Crippen LogP contribution < -0.4 is 0 Å². The molecule has 0 aromatic heterocycles. The van der Waals surface area contributed by atoms with E-state index in [4.69, 9.17) is 4.74 Å². The molecule has 0 aliphatic heterocycles. The summed E-state index contributed by atoms with van der Waals surface area (Å²) < 4.78 is 5.05. The van der Waals surface area contributed by atoms with Crippen molar-refractivity contribution in [1.29, 1.82) is 0 Å². The maximum absolute atomic E-state index is 11.9. The molecule has 0 radical (unpaired) electrons. The molecule has 0 spiro atoms. The molecule has 0 aromatic rings. The van der Waals surface area contributed by atoms with Gasteiger partial charge in [0.1, 0.15) is 0 Å². The van der Waals surface area contributed by atoms with Crippen molar-refractivity contribution in [3.05, 3.63) is 0 Å². The molecule has 0 saturated carbocycles. The van der Waals surface area contributed by atoms with Gasteiger partial charge >= 0.3 is 5.97 Å². The van der Waals surface area contributed by atoms with Crippen molar-refractivity contribution in [1.82, 2.24) is 0 Å². The summed E-state index contributed by atoms with van der Waals surface area (Å²) >= 11 is 0. The normalized spacial score (nSPS) is 12.6. The molecule has 0 aromatic carbocycles. The first kappa shape index (κ1) is 15.4. The predicted octanol–water partition coefficient (Wildman–Crippen LogP) is 2.91. The van der Waals surface area contributed by atoms with Crippen molar-refractivity contribution < 1.29 is 14.6 Å². The Bertz CT molecular complexity index is 215. The van der Waals surface area contributed by atoms with Gasteiger partial charge in [-0.2, -0.15) is 0 Å². The van der Waals surface area contributed by atoms with E-state index in [-0.39, 0.29) is 5.97 Å². The van der Waals surface area contributed by atoms with E-state index in [0.717, 1.165) is 12.8 Å². The van der Waals surface area contributed by atoms with Gasteiger partial charge in [0, 0.05) is 0 Å². The zero-order valence-electron chi connectivity index (χ0n) is 11.3. The van der Waals surface area contributed by atoms with Gasteiger partial charge in [-0.3, -0.25) is 4.79 Å². The lowest BCUT2D eigenvalue weighted by atomic mass is 9.70. The third-order valence-corrected chi connectivity index (χ3v) is 3.28. The molecule has 0 rings (SSSR count). The summed E-state index contributed by atoms with van der Waals surface area (Å²) in [5, 5.41) is 10.6. The quantitative estimate of drug-likeness (QED) is 0.684. The van der Waals surface area contributed by atoms with E-state index in [9.17, 15) is 9.90 Å². The number of hydrogen-bond acceptors (Lipinski definition) is 3. The second kappa shape index (κ2) is 6.24. The van der Waals surface area contributed by atoms with E-state index < -0.39 is 11.0 Å². The Labute approximate surface area is 99.2 Å². The van der Waals surface area contributed by atoms with Gasteiger partial charge in [-0.05, 0) is 33.6 Å². The molecule has 0 bridgehead atoms. The molecule has 0 aliphatic rings. The number of ether oxygens (including phenoxy) is 1. The summed E-state index contributed by atoms with van der Waals surface area (Å²) in [7, 11) is 0. The van der Waals surface area contributed by atoms with E-state index >= 15 is 0 Å². The smallest absolute Gasteiger partial charge is 0.314 e. The fraction of sp³-hybridized carbons (Fsp3) is 0.923. The largest absolute Gasteiger partial charge is 0.465 e. The molecule has 0 amide bonds. The van der Waals surface area contributed by atoms with E-state index in [1.54, 1.807) is 20.8 Å². The van der Waals surface area contributed by atoms with Gasteiger partial charge in [0.15, 0.2) is 0 Å². The van der Waals surface area contributed by atoms with E-state index in [1.165, 1.54) is 0 Å². The van der Waals surface area contributed by atoms with Gasteiger partial charge in [0.2, 0.25) is 0 Å². The lowest BCUT2D eigenvalue weighted by Crippen LogP contribution is -2.50. The van der Waals surface area contributed by atoms with Gasteiger partial charge in [0.05, 0.1) is 17.6 Å². The molecular formula is C13H26O3. The number of carbonyl (C=O) groups excluding carboxylic acids is 1. The molecular weight excluding hydrogens is 204 g/mol.